The molecule has 0 bridgehead atoms. The van der Waals surface area contributed by atoms with Crippen molar-refractivity contribution in [2.45, 2.75) is 13.5 Å². The molecule has 1 amide bonds. The van der Waals surface area contributed by atoms with Crippen LogP contribution in [0.4, 0.5) is 0 Å². The number of fused-ring (bicyclic) bond motifs is 1. The lowest BCUT2D eigenvalue weighted by Gasteiger charge is -2.08. The number of nitrogens with zero attached hydrogens (tertiary/aromatic N) is 1. The normalized spacial score (nSPS) is 11.4. The summed E-state index contributed by atoms with van der Waals surface area (Å²) in [6, 6.07) is 25.3. The molecule has 0 spiro atoms. The van der Waals surface area contributed by atoms with Gasteiger partial charge in [-0.05, 0) is 59.7 Å². The quantitative estimate of drug-likeness (QED) is 0.367. The van der Waals surface area contributed by atoms with Crippen molar-refractivity contribution in [3.63, 3.8) is 0 Å². The van der Waals surface area contributed by atoms with Gasteiger partial charge in [0.2, 0.25) is 0 Å². The lowest BCUT2D eigenvalue weighted by atomic mass is 10.1. The van der Waals surface area contributed by atoms with E-state index in [1.165, 1.54) is 5.39 Å². The highest BCUT2D eigenvalue weighted by atomic mass is 16.5. The van der Waals surface area contributed by atoms with Gasteiger partial charge in [0, 0.05) is 11.8 Å². The summed E-state index contributed by atoms with van der Waals surface area (Å²) in [5, 5.41) is 6.46. The first kappa shape index (κ1) is 18.5. The molecule has 4 rings (SSSR count). The Morgan fingerprint density at radius 1 is 0.966 bits per heavy atom. The third kappa shape index (κ3) is 4.52. The van der Waals surface area contributed by atoms with Crippen LogP contribution in [0.25, 0.3) is 10.8 Å². The number of hydrogen-bond donors (Lipinski definition) is 2. The van der Waals surface area contributed by atoms with Crippen LogP contribution in [0, 0.1) is 0 Å². The third-order valence-electron chi connectivity index (χ3n) is 4.66. The summed E-state index contributed by atoms with van der Waals surface area (Å²) in [5.41, 5.74) is 5.69. The van der Waals surface area contributed by atoms with Crippen molar-refractivity contribution >= 4 is 22.4 Å². The van der Waals surface area contributed by atoms with Crippen LogP contribution in [0.5, 0.6) is 5.75 Å². The van der Waals surface area contributed by atoms with E-state index in [9.17, 15) is 4.79 Å². The number of ether oxygens (including phenoxy) is 1. The zero-order valence-corrected chi connectivity index (χ0v) is 16.1. The van der Waals surface area contributed by atoms with E-state index in [2.05, 4.69) is 27.6 Å². The van der Waals surface area contributed by atoms with Crippen LogP contribution in [-0.4, -0.2) is 16.6 Å². The van der Waals surface area contributed by atoms with Crippen molar-refractivity contribution in [3.8, 4) is 5.75 Å². The van der Waals surface area contributed by atoms with E-state index in [1.807, 2.05) is 67.7 Å². The molecule has 0 atom stereocenters. The molecule has 144 valence electrons. The molecule has 29 heavy (non-hydrogen) atoms. The zero-order valence-electron chi connectivity index (χ0n) is 16.1. The van der Waals surface area contributed by atoms with Crippen LogP contribution in [0.2, 0.25) is 0 Å². The van der Waals surface area contributed by atoms with Crippen LogP contribution in [-0.2, 0) is 6.61 Å². The number of benzene rings is 3. The average molecular weight is 383 g/mol. The first-order chi connectivity index (χ1) is 14.2. The van der Waals surface area contributed by atoms with Gasteiger partial charge in [0.25, 0.3) is 5.91 Å². The topological polar surface area (TPSA) is 66.5 Å². The molecular weight excluding hydrogens is 362 g/mol. The summed E-state index contributed by atoms with van der Waals surface area (Å²) < 4.78 is 5.89. The zero-order chi connectivity index (χ0) is 20.1. The summed E-state index contributed by atoms with van der Waals surface area (Å²) in [4.78, 5) is 15.3. The second kappa shape index (κ2) is 8.44. The van der Waals surface area contributed by atoms with Crippen LogP contribution in [0.1, 0.15) is 28.5 Å². The number of carbonyl (C=O) groups is 1. The Bertz CT molecular complexity index is 1150. The molecule has 0 aliphatic heterocycles. The Morgan fingerprint density at radius 2 is 1.76 bits per heavy atom. The van der Waals surface area contributed by atoms with Crippen molar-refractivity contribution < 1.29 is 9.53 Å². The van der Waals surface area contributed by atoms with Gasteiger partial charge < -0.3 is 9.72 Å². The summed E-state index contributed by atoms with van der Waals surface area (Å²) >= 11 is 0. The Hall–Kier alpha value is -3.86. The Morgan fingerprint density at radius 3 is 2.52 bits per heavy atom. The summed E-state index contributed by atoms with van der Waals surface area (Å²) in [7, 11) is 0. The second-order valence-electron chi connectivity index (χ2n) is 6.72. The predicted octanol–water partition coefficient (Wildman–Crippen LogP) is 4.90. The minimum atomic E-state index is -0.252. The molecule has 4 aromatic rings. The largest absolute Gasteiger partial charge is 0.489 e. The molecule has 0 aliphatic rings. The van der Waals surface area contributed by atoms with Crippen molar-refractivity contribution in [1.82, 2.24) is 10.4 Å². The van der Waals surface area contributed by atoms with Gasteiger partial charge in [-0.3, -0.25) is 4.79 Å². The molecule has 0 fully saturated rings. The first-order valence-corrected chi connectivity index (χ1v) is 9.38. The van der Waals surface area contributed by atoms with Crippen molar-refractivity contribution in [1.29, 1.82) is 0 Å². The van der Waals surface area contributed by atoms with E-state index >= 15 is 0 Å². The van der Waals surface area contributed by atoms with Crippen molar-refractivity contribution in [3.05, 3.63) is 102 Å². The maximum Gasteiger partial charge on any atom is 0.271 e. The van der Waals surface area contributed by atoms with E-state index in [1.54, 1.807) is 12.1 Å². The van der Waals surface area contributed by atoms with Gasteiger partial charge in [-0.15, -0.1) is 0 Å². The minimum Gasteiger partial charge on any atom is -0.489 e. The summed E-state index contributed by atoms with van der Waals surface area (Å²) in [6.45, 7) is 2.27. The van der Waals surface area contributed by atoms with Crippen molar-refractivity contribution in [2.75, 3.05) is 0 Å². The molecule has 0 unspecified atom stereocenters. The van der Waals surface area contributed by atoms with Gasteiger partial charge in [0.15, 0.2) is 0 Å². The smallest absolute Gasteiger partial charge is 0.271 e. The Labute approximate surface area is 169 Å². The molecular formula is C24H21N3O2. The maximum atomic E-state index is 12.3. The van der Waals surface area contributed by atoms with Crippen molar-refractivity contribution in [2.24, 2.45) is 5.10 Å². The predicted molar refractivity (Wildman–Crippen MR) is 115 cm³/mol. The second-order valence-corrected chi connectivity index (χ2v) is 6.72. The Kier molecular flexibility index (Phi) is 5.38. The molecule has 0 saturated heterocycles. The van der Waals surface area contributed by atoms with E-state index < -0.39 is 0 Å². The van der Waals surface area contributed by atoms with Gasteiger partial charge in [-0.2, -0.15) is 5.10 Å². The van der Waals surface area contributed by atoms with Crippen LogP contribution in [0.3, 0.4) is 0 Å². The van der Waals surface area contributed by atoms with E-state index in [-0.39, 0.29) is 5.91 Å². The number of carbonyl (C=O) groups excluding carboxylic acids is 1. The minimum absolute atomic E-state index is 0.252. The van der Waals surface area contributed by atoms with Gasteiger partial charge in [-0.1, -0.05) is 42.5 Å². The molecule has 2 N–H and O–H groups in total. The number of nitrogens with one attached hydrogen (secondary N) is 2. The van der Waals surface area contributed by atoms with Gasteiger partial charge in [0.05, 0.1) is 11.4 Å². The number of rotatable bonds is 6. The molecule has 0 saturated carbocycles. The highest BCUT2D eigenvalue weighted by Crippen LogP contribution is 2.21. The number of aromatic amines is 1. The van der Waals surface area contributed by atoms with Crippen LogP contribution in [0.15, 0.2) is 90.2 Å². The third-order valence-corrected chi connectivity index (χ3v) is 4.66. The fourth-order valence-corrected chi connectivity index (χ4v) is 2.99. The highest BCUT2D eigenvalue weighted by molar-refractivity contribution is 5.99. The molecule has 1 heterocycles. The molecule has 1 aromatic heterocycles. The average Bonchev–Trinajstić information content (AvgIpc) is 3.31. The summed E-state index contributed by atoms with van der Waals surface area (Å²) in [6.07, 6.45) is 1.81. The monoisotopic (exact) mass is 383 g/mol. The molecule has 0 radical (unpaired) electrons. The van der Waals surface area contributed by atoms with Gasteiger partial charge >= 0.3 is 0 Å². The highest BCUT2D eigenvalue weighted by Gasteiger charge is 2.06. The SMILES string of the molecule is C/C(=N\NC(=O)c1ccc(COc2ccc3ccccc3c2)cc1)c1ccc[nH]1. The van der Waals surface area contributed by atoms with Gasteiger partial charge in [0.1, 0.15) is 12.4 Å². The lowest BCUT2D eigenvalue weighted by molar-refractivity contribution is 0.0955. The van der Waals surface area contributed by atoms with Gasteiger partial charge in [-0.25, -0.2) is 5.43 Å². The number of aromatic nitrogens is 1. The molecule has 3 aromatic carbocycles. The Balaban J connectivity index is 1.35. The first-order valence-electron chi connectivity index (χ1n) is 9.38. The number of H-pyrrole nitrogens is 1. The molecule has 5 heteroatoms. The fourth-order valence-electron chi connectivity index (χ4n) is 2.99. The number of amides is 1. The van der Waals surface area contributed by atoms with Crippen LogP contribution >= 0.6 is 0 Å². The standard InChI is InChI=1S/C24H21N3O2/c1-17(23-7-4-14-25-23)26-27-24(28)20-10-8-18(9-11-20)16-29-22-13-12-19-5-2-3-6-21(19)15-22/h2-15,25H,16H2,1H3,(H,27,28)/b26-17+. The number of hydrogen-bond acceptors (Lipinski definition) is 3. The fraction of sp³-hybridized carbons (Fsp3) is 0.0833. The van der Waals surface area contributed by atoms with E-state index in [0.717, 1.165) is 22.4 Å². The van der Waals surface area contributed by atoms with E-state index in [0.29, 0.717) is 17.9 Å². The maximum absolute atomic E-state index is 12.3. The lowest BCUT2D eigenvalue weighted by Crippen LogP contribution is -2.19. The van der Waals surface area contributed by atoms with Crippen LogP contribution < -0.4 is 10.2 Å². The van der Waals surface area contributed by atoms with E-state index in [4.69, 9.17) is 4.74 Å². The molecule has 0 aliphatic carbocycles. The summed E-state index contributed by atoms with van der Waals surface area (Å²) in [5.74, 6) is 0.567. The number of hydrazone groups is 1. The molecule has 5 nitrogen and oxygen atoms in total.